The monoisotopic (exact) mass is 397 g/mol. The lowest BCUT2D eigenvalue weighted by atomic mass is 9.93. The molecule has 3 nitrogen and oxygen atoms in total. The Bertz CT molecular complexity index is 856. The molecule has 0 N–H and O–H groups in total. The van der Waals surface area contributed by atoms with Gasteiger partial charge in [-0.3, -0.25) is 4.99 Å². The van der Waals surface area contributed by atoms with Crippen LogP contribution in [0.1, 0.15) is 50.3 Å². The Hall–Kier alpha value is -2.26. The first-order valence-electron chi connectivity index (χ1n) is 10.0. The summed E-state index contributed by atoms with van der Waals surface area (Å²) in [7, 11) is 0. The zero-order valence-electron chi connectivity index (χ0n) is 16.9. The van der Waals surface area contributed by atoms with E-state index in [9.17, 15) is 0 Å². The van der Waals surface area contributed by atoms with E-state index in [1.165, 1.54) is 5.56 Å². The highest BCUT2D eigenvalue weighted by atomic mass is 35.5. The average molecular weight is 398 g/mol. The van der Waals surface area contributed by atoms with Gasteiger partial charge in [0.25, 0.3) is 0 Å². The van der Waals surface area contributed by atoms with Crippen molar-refractivity contribution in [2.24, 2.45) is 4.99 Å². The van der Waals surface area contributed by atoms with Crippen molar-refractivity contribution in [3.05, 3.63) is 64.2 Å². The lowest BCUT2D eigenvalue weighted by molar-refractivity contribution is 0.268. The zero-order chi connectivity index (χ0) is 19.9. The van der Waals surface area contributed by atoms with Gasteiger partial charge >= 0.3 is 0 Å². The van der Waals surface area contributed by atoms with Gasteiger partial charge < -0.3 is 9.47 Å². The molecule has 0 saturated carbocycles. The molecule has 4 heteroatoms. The standard InChI is InChI=1S/C24H28ClNO2/c1-4-12-27-23-15-19-14-17(3)26-22(21(19)16-24(23)28-13-5-2)11-8-18-6-9-20(25)10-7-18/h6-11,15-17H,4-5,12-14H2,1-3H3. The number of halogens is 1. The summed E-state index contributed by atoms with van der Waals surface area (Å²) < 4.78 is 11.9. The van der Waals surface area contributed by atoms with Gasteiger partial charge in [-0.25, -0.2) is 0 Å². The molecule has 1 aliphatic rings. The lowest BCUT2D eigenvalue weighted by Crippen LogP contribution is -2.18. The number of aliphatic imine (C=N–C) groups is 1. The molecule has 28 heavy (non-hydrogen) atoms. The third-order valence-corrected chi connectivity index (χ3v) is 4.80. The molecule has 0 spiro atoms. The number of rotatable bonds is 8. The molecular weight excluding hydrogens is 370 g/mol. The maximum Gasteiger partial charge on any atom is 0.161 e. The second-order valence-corrected chi connectivity index (χ2v) is 7.54. The maximum atomic E-state index is 5.98. The fraction of sp³-hybridized carbons (Fsp3) is 0.375. The first-order chi connectivity index (χ1) is 13.6. The van der Waals surface area contributed by atoms with Crippen LogP contribution in [0.25, 0.3) is 6.08 Å². The van der Waals surface area contributed by atoms with Crippen molar-refractivity contribution in [1.29, 1.82) is 0 Å². The van der Waals surface area contributed by atoms with Crippen molar-refractivity contribution in [2.75, 3.05) is 13.2 Å². The molecule has 0 saturated heterocycles. The molecule has 2 aromatic carbocycles. The molecule has 0 aliphatic carbocycles. The van der Waals surface area contributed by atoms with E-state index in [-0.39, 0.29) is 6.04 Å². The van der Waals surface area contributed by atoms with Crippen molar-refractivity contribution in [3.8, 4) is 11.5 Å². The molecule has 0 aromatic heterocycles. The lowest BCUT2D eigenvalue weighted by Gasteiger charge is -2.22. The molecule has 1 atom stereocenters. The van der Waals surface area contributed by atoms with Crippen LogP contribution in [0.15, 0.2) is 47.5 Å². The maximum absolute atomic E-state index is 5.98. The van der Waals surface area contributed by atoms with Crippen LogP contribution in [0.3, 0.4) is 0 Å². The minimum Gasteiger partial charge on any atom is -0.490 e. The minimum absolute atomic E-state index is 0.235. The number of benzene rings is 2. The van der Waals surface area contributed by atoms with Gasteiger partial charge in [0.15, 0.2) is 11.5 Å². The Balaban J connectivity index is 1.94. The molecule has 3 rings (SSSR count). The summed E-state index contributed by atoms with van der Waals surface area (Å²) >= 11 is 5.98. The SMILES string of the molecule is CCCOc1cc2c(cc1OCCC)C(C=Cc1ccc(Cl)cc1)=NC(C)C2. The van der Waals surface area contributed by atoms with Crippen LogP contribution in [-0.4, -0.2) is 25.0 Å². The number of nitrogens with zero attached hydrogens (tertiary/aromatic N) is 1. The van der Waals surface area contributed by atoms with E-state index >= 15 is 0 Å². The van der Waals surface area contributed by atoms with Crippen LogP contribution in [0.2, 0.25) is 5.02 Å². The normalized spacial score (nSPS) is 16.0. The predicted molar refractivity (Wildman–Crippen MR) is 118 cm³/mol. The Morgan fingerprint density at radius 3 is 2.29 bits per heavy atom. The van der Waals surface area contributed by atoms with E-state index in [2.05, 4.69) is 45.1 Å². The fourth-order valence-corrected chi connectivity index (χ4v) is 3.34. The van der Waals surface area contributed by atoms with E-state index in [1.54, 1.807) is 0 Å². The van der Waals surface area contributed by atoms with E-state index in [1.807, 2.05) is 24.3 Å². The molecule has 0 radical (unpaired) electrons. The zero-order valence-corrected chi connectivity index (χ0v) is 17.6. The first-order valence-corrected chi connectivity index (χ1v) is 10.4. The third-order valence-electron chi connectivity index (χ3n) is 4.55. The van der Waals surface area contributed by atoms with Crippen LogP contribution < -0.4 is 9.47 Å². The second kappa shape index (κ2) is 9.79. The molecule has 2 aromatic rings. The van der Waals surface area contributed by atoms with Gasteiger partial charge in [-0.2, -0.15) is 0 Å². The molecule has 1 unspecified atom stereocenters. The van der Waals surface area contributed by atoms with Crippen LogP contribution in [0, 0.1) is 0 Å². The quantitative estimate of drug-likeness (QED) is 0.518. The predicted octanol–water partition coefficient (Wildman–Crippen LogP) is 6.36. The van der Waals surface area contributed by atoms with Crippen molar-refractivity contribution in [2.45, 2.75) is 46.1 Å². The first kappa shape index (κ1) is 20.5. The van der Waals surface area contributed by atoms with E-state index < -0.39 is 0 Å². The molecule has 1 heterocycles. The summed E-state index contributed by atoms with van der Waals surface area (Å²) in [5.74, 6) is 1.64. The number of allylic oxidation sites excluding steroid dienone is 1. The molecule has 0 amide bonds. The van der Waals surface area contributed by atoms with Crippen molar-refractivity contribution < 1.29 is 9.47 Å². The average Bonchev–Trinajstić information content (AvgIpc) is 2.69. The van der Waals surface area contributed by atoms with Gasteiger partial charge in [0, 0.05) is 10.6 Å². The summed E-state index contributed by atoms with van der Waals surface area (Å²) in [5.41, 5.74) is 4.45. The highest BCUT2D eigenvalue weighted by Crippen LogP contribution is 2.34. The van der Waals surface area contributed by atoms with Crippen LogP contribution in [0.4, 0.5) is 0 Å². The summed E-state index contributed by atoms with van der Waals surface area (Å²) in [6.45, 7) is 7.72. The molecule has 148 valence electrons. The molecule has 0 fully saturated rings. The van der Waals surface area contributed by atoms with Gasteiger partial charge in [0.2, 0.25) is 0 Å². The fourth-order valence-electron chi connectivity index (χ4n) is 3.21. The third kappa shape index (κ3) is 5.17. The smallest absolute Gasteiger partial charge is 0.161 e. The molecular formula is C24H28ClNO2. The number of hydrogen-bond acceptors (Lipinski definition) is 3. The Kier molecular flexibility index (Phi) is 7.16. The van der Waals surface area contributed by atoms with E-state index in [4.69, 9.17) is 26.1 Å². The minimum atomic E-state index is 0.235. The van der Waals surface area contributed by atoms with Gasteiger partial charge in [-0.05, 0) is 67.7 Å². The molecule has 1 aliphatic heterocycles. The van der Waals surface area contributed by atoms with Crippen molar-refractivity contribution >= 4 is 23.4 Å². The number of fused-ring (bicyclic) bond motifs is 1. The highest BCUT2D eigenvalue weighted by Gasteiger charge is 2.21. The number of hydrogen-bond donors (Lipinski definition) is 0. The Morgan fingerprint density at radius 2 is 1.64 bits per heavy atom. The number of ether oxygens (including phenoxy) is 2. The van der Waals surface area contributed by atoms with Crippen LogP contribution in [0.5, 0.6) is 11.5 Å². The van der Waals surface area contributed by atoms with Crippen molar-refractivity contribution in [1.82, 2.24) is 0 Å². The molecule has 0 bridgehead atoms. The van der Waals surface area contributed by atoms with Crippen molar-refractivity contribution in [3.63, 3.8) is 0 Å². The summed E-state index contributed by atoms with van der Waals surface area (Å²) in [5, 5.41) is 0.739. The Labute approximate surface area is 173 Å². The summed E-state index contributed by atoms with van der Waals surface area (Å²) in [6, 6.07) is 12.3. The van der Waals surface area contributed by atoms with Gasteiger partial charge in [-0.15, -0.1) is 0 Å². The Morgan fingerprint density at radius 1 is 1.00 bits per heavy atom. The highest BCUT2D eigenvalue weighted by molar-refractivity contribution is 6.30. The summed E-state index contributed by atoms with van der Waals surface area (Å²) in [6.07, 6.45) is 6.99. The topological polar surface area (TPSA) is 30.8 Å². The second-order valence-electron chi connectivity index (χ2n) is 7.11. The van der Waals surface area contributed by atoms with Gasteiger partial charge in [0.05, 0.1) is 25.0 Å². The van der Waals surface area contributed by atoms with Gasteiger partial charge in [-0.1, -0.05) is 43.7 Å². The largest absolute Gasteiger partial charge is 0.490 e. The van der Waals surface area contributed by atoms with Crippen LogP contribution in [-0.2, 0) is 6.42 Å². The summed E-state index contributed by atoms with van der Waals surface area (Å²) in [4.78, 5) is 4.88. The van der Waals surface area contributed by atoms with E-state index in [0.717, 1.165) is 52.6 Å². The van der Waals surface area contributed by atoms with Gasteiger partial charge in [0.1, 0.15) is 0 Å². The van der Waals surface area contributed by atoms with E-state index in [0.29, 0.717) is 13.2 Å². The van der Waals surface area contributed by atoms with Crippen LogP contribution >= 0.6 is 11.6 Å².